The van der Waals surface area contributed by atoms with E-state index in [1.54, 1.807) is 20.6 Å². The zero-order chi connectivity index (χ0) is 10.4. The number of carbonyl (C=O) groups excluding carboxylic acids is 1. The Bertz CT molecular complexity index is 290. The van der Waals surface area contributed by atoms with Crippen LogP contribution in [0.2, 0.25) is 0 Å². The minimum absolute atomic E-state index is 0.344. The number of hydrogen-bond acceptors (Lipinski definition) is 3. The SMILES string of the molecule is COc1cccc(OC)c1CN[C]=O. The summed E-state index contributed by atoms with van der Waals surface area (Å²) >= 11 is 0. The van der Waals surface area contributed by atoms with Gasteiger partial charge in [-0.2, -0.15) is 0 Å². The van der Waals surface area contributed by atoms with Gasteiger partial charge >= 0.3 is 6.41 Å². The molecule has 1 radical (unpaired) electrons. The number of hydrogen-bond donors (Lipinski definition) is 1. The fraction of sp³-hybridized carbons (Fsp3) is 0.300. The fourth-order valence-electron chi connectivity index (χ4n) is 1.23. The first kappa shape index (κ1) is 10.4. The fourth-order valence-corrected chi connectivity index (χ4v) is 1.23. The van der Waals surface area contributed by atoms with Crippen LogP contribution in [0.3, 0.4) is 0 Å². The Labute approximate surface area is 82.8 Å². The molecule has 1 N–H and O–H groups in total. The molecule has 0 saturated heterocycles. The van der Waals surface area contributed by atoms with Gasteiger partial charge in [0.1, 0.15) is 11.5 Å². The second-order valence-corrected chi connectivity index (χ2v) is 2.60. The first-order chi connectivity index (χ1) is 6.83. The molecular formula is C10H12NO3. The zero-order valence-corrected chi connectivity index (χ0v) is 8.16. The number of ether oxygens (including phenoxy) is 2. The lowest BCUT2D eigenvalue weighted by atomic mass is 10.2. The summed E-state index contributed by atoms with van der Waals surface area (Å²) in [6.07, 6.45) is 1.61. The second-order valence-electron chi connectivity index (χ2n) is 2.60. The third-order valence-corrected chi connectivity index (χ3v) is 1.87. The minimum atomic E-state index is 0.344. The first-order valence-electron chi connectivity index (χ1n) is 4.13. The van der Waals surface area contributed by atoms with E-state index < -0.39 is 0 Å². The summed E-state index contributed by atoms with van der Waals surface area (Å²) in [5.41, 5.74) is 0.806. The Kier molecular flexibility index (Phi) is 3.79. The van der Waals surface area contributed by atoms with Crippen molar-refractivity contribution >= 4 is 6.41 Å². The first-order valence-corrected chi connectivity index (χ1v) is 4.13. The van der Waals surface area contributed by atoms with Crippen molar-refractivity contribution in [3.63, 3.8) is 0 Å². The Balaban J connectivity index is 2.99. The second kappa shape index (κ2) is 5.11. The molecule has 0 saturated carbocycles. The highest BCUT2D eigenvalue weighted by Crippen LogP contribution is 2.27. The number of benzene rings is 1. The summed E-state index contributed by atoms with van der Waals surface area (Å²) in [5, 5.41) is 2.45. The Morgan fingerprint density at radius 1 is 1.29 bits per heavy atom. The molecule has 0 aliphatic heterocycles. The van der Waals surface area contributed by atoms with E-state index in [0.717, 1.165) is 5.56 Å². The van der Waals surface area contributed by atoms with Crippen molar-refractivity contribution in [2.75, 3.05) is 14.2 Å². The molecule has 0 heterocycles. The van der Waals surface area contributed by atoms with Gasteiger partial charge in [0, 0.05) is 0 Å². The molecule has 1 aromatic carbocycles. The third-order valence-electron chi connectivity index (χ3n) is 1.87. The summed E-state index contributed by atoms with van der Waals surface area (Å²) in [5.74, 6) is 1.37. The van der Waals surface area contributed by atoms with E-state index in [0.29, 0.717) is 18.0 Å². The Morgan fingerprint density at radius 2 is 1.86 bits per heavy atom. The molecule has 4 heteroatoms. The molecule has 1 amide bonds. The van der Waals surface area contributed by atoms with E-state index in [1.165, 1.54) is 0 Å². The quantitative estimate of drug-likeness (QED) is 0.707. The van der Waals surface area contributed by atoms with Crippen LogP contribution in [0.15, 0.2) is 18.2 Å². The summed E-state index contributed by atoms with van der Waals surface area (Å²) in [6, 6.07) is 5.44. The van der Waals surface area contributed by atoms with Crippen LogP contribution in [-0.2, 0) is 11.3 Å². The van der Waals surface area contributed by atoms with E-state index >= 15 is 0 Å². The van der Waals surface area contributed by atoms with E-state index in [9.17, 15) is 4.79 Å². The van der Waals surface area contributed by atoms with Crippen LogP contribution in [0.5, 0.6) is 11.5 Å². The predicted octanol–water partition coefficient (Wildman–Crippen LogP) is 0.861. The molecule has 0 atom stereocenters. The summed E-state index contributed by atoms with van der Waals surface area (Å²) < 4.78 is 10.3. The van der Waals surface area contributed by atoms with Crippen LogP contribution in [0, 0.1) is 0 Å². The van der Waals surface area contributed by atoms with E-state index in [4.69, 9.17) is 9.47 Å². The summed E-state index contributed by atoms with van der Waals surface area (Å²) in [7, 11) is 3.14. The molecule has 14 heavy (non-hydrogen) atoms. The smallest absolute Gasteiger partial charge is 0.309 e. The van der Waals surface area contributed by atoms with Crippen molar-refractivity contribution in [1.29, 1.82) is 0 Å². The van der Waals surface area contributed by atoms with E-state index in [-0.39, 0.29) is 0 Å². The lowest BCUT2D eigenvalue weighted by molar-refractivity contribution is 0.384. The molecule has 75 valence electrons. The maximum absolute atomic E-state index is 10.1. The molecule has 0 fully saturated rings. The molecule has 1 rings (SSSR count). The van der Waals surface area contributed by atoms with Gasteiger partial charge in [-0.1, -0.05) is 6.07 Å². The van der Waals surface area contributed by atoms with Crippen molar-refractivity contribution in [1.82, 2.24) is 5.32 Å². The van der Waals surface area contributed by atoms with Gasteiger partial charge in [-0.05, 0) is 12.1 Å². The van der Waals surface area contributed by atoms with Crippen LogP contribution in [0.1, 0.15) is 5.56 Å². The highest BCUT2D eigenvalue weighted by Gasteiger charge is 2.08. The summed E-state index contributed by atoms with van der Waals surface area (Å²) in [4.78, 5) is 10.1. The highest BCUT2D eigenvalue weighted by molar-refractivity contribution is 5.50. The lowest BCUT2D eigenvalue weighted by Gasteiger charge is -2.11. The Morgan fingerprint density at radius 3 is 2.29 bits per heavy atom. The van der Waals surface area contributed by atoms with Crippen LogP contribution in [-0.4, -0.2) is 20.6 Å². The van der Waals surface area contributed by atoms with Gasteiger partial charge in [-0.15, -0.1) is 0 Å². The molecule has 0 unspecified atom stereocenters. The van der Waals surface area contributed by atoms with Crippen LogP contribution >= 0.6 is 0 Å². The van der Waals surface area contributed by atoms with Gasteiger partial charge < -0.3 is 14.8 Å². The normalized spacial score (nSPS) is 9.29. The maximum Gasteiger partial charge on any atom is 0.309 e. The van der Waals surface area contributed by atoms with Gasteiger partial charge in [0.25, 0.3) is 0 Å². The van der Waals surface area contributed by atoms with Gasteiger partial charge in [0.2, 0.25) is 0 Å². The Hall–Kier alpha value is -1.71. The number of nitrogens with one attached hydrogen (secondary N) is 1. The molecule has 4 nitrogen and oxygen atoms in total. The zero-order valence-electron chi connectivity index (χ0n) is 8.16. The third kappa shape index (κ3) is 2.16. The van der Waals surface area contributed by atoms with Crippen molar-refractivity contribution in [3.05, 3.63) is 23.8 Å². The van der Waals surface area contributed by atoms with E-state index in [1.807, 2.05) is 18.2 Å². The number of amides is 1. The lowest BCUT2D eigenvalue weighted by Crippen LogP contribution is -2.11. The van der Waals surface area contributed by atoms with Gasteiger partial charge in [-0.3, -0.25) is 4.79 Å². The summed E-state index contributed by atoms with van der Waals surface area (Å²) in [6.45, 7) is 0.344. The average Bonchev–Trinajstić information content (AvgIpc) is 2.25. The minimum Gasteiger partial charge on any atom is -0.496 e. The number of rotatable bonds is 5. The molecule has 0 spiro atoms. The predicted molar refractivity (Wildman–Crippen MR) is 52.1 cm³/mol. The van der Waals surface area contributed by atoms with Gasteiger partial charge in [0.15, 0.2) is 0 Å². The molecule has 0 aliphatic rings. The molecule has 0 aliphatic carbocycles. The molecular weight excluding hydrogens is 182 g/mol. The van der Waals surface area contributed by atoms with Crippen molar-refractivity contribution < 1.29 is 14.3 Å². The van der Waals surface area contributed by atoms with Crippen molar-refractivity contribution in [2.24, 2.45) is 0 Å². The van der Waals surface area contributed by atoms with Crippen LogP contribution in [0.25, 0.3) is 0 Å². The molecule has 0 aromatic heterocycles. The van der Waals surface area contributed by atoms with Gasteiger partial charge in [0.05, 0.1) is 26.3 Å². The molecule has 0 bridgehead atoms. The topological polar surface area (TPSA) is 47.6 Å². The number of methoxy groups -OCH3 is 2. The van der Waals surface area contributed by atoms with E-state index in [2.05, 4.69) is 5.32 Å². The van der Waals surface area contributed by atoms with Crippen molar-refractivity contribution in [3.8, 4) is 11.5 Å². The monoisotopic (exact) mass is 194 g/mol. The van der Waals surface area contributed by atoms with Gasteiger partial charge in [-0.25, -0.2) is 0 Å². The largest absolute Gasteiger partial charge is 0.496 e. The van der Waals surface area contributed by atoms with Crippen LogP contribution < -0.4 is 14.8 Å². The maximum atomic E-state index is 10.1. The average molecular weight is 194 g/mol. The highest BCUT2D eigenvalue weighted by atomic mass is 16.5. The standard InChI is InChI=1S/C10H12NO3/c1-13-9-4-3-5-10(14-2)8(9)6-11-7-12/h3-5H,6H2,1-2H3,(H,11,12). The van der Waals surface area contributed by atoms with Crippen molar-refractivity contribution in [2.45, 2.75) is 6.54 Å². The molecule has 1 aromatic rings. The van der Waals surface area contributed by atoms with Crippen LogP contribution in [0.4, 0.5) is 0 Å².